The molecule has 1 fully saturated rings. The second-order valence-corrected chi connectivity index (χ2v) is 4.85. The van der Waals surface area contributed by atoms with Crippen LogP contribution in [0.15, 0.2) is 30.3 Å². The Morgan fingerprint density at radius 1 is 1.18 bits per heavy atom. The van der Waals surface area contributed by atoms with E-state index in [0.717, 1.165) is 18.7 Å². The highest BCUT2D eigenvalue weighted by Gasteiger charge is 2.35. The van der Waals surface area contributed by atoms with Gasteiger partial charge in [-0.15, -0.1) is 0 Å². The zero-order valence-electron chi connectivity index (χ0n) is 10.5. The van der Waals surface area contributed by atoms with Crippen molar-refractivity contribution < 1.29 is 9.53 Å². The molecular weight excluding hydrogens is 214 g/mol. The second-order valence-electron chi connectivity index (χ2n) is 4.85. The van der Waals surface area contributed by atoms with Crippen molar-refractivity contribution >= 4 is 5.78 Å². The molecule has 1 heterocycles. The summed E-state index contributed by atoms with van der Waals surface area (Å²) in [7, 11) is 0. The minimum atomic E-state index is -0.453. The Morgan fingerprint density at radius 2 is 1.76 bits per heavy atom. The number of ketones is 1. The standard InChI is InChI=1S/C14H19NO2/c1-14(2,15-8-10-17-11-9-15)13(16)12-6-4-3-5-7-12/h3-7H,8-11H2,1-2H3. The Morgan fingerprint density at radius 3 is 2.35 bits per heavy atom. The number of hydrogen-bond acceptors (Lipinski definition) is 3. The number of rotatable bonds is 3. The van der Waals surface area contributed by atoms with E-state index >= 15 is 0 Å². The molecule has 1 saturated heterocycles. The Labute approximate surface area is 102 Å². The lowest BCUT2D eigenvalue weighted by atomic mass is 9.91. The number of Topliss-reactive ketones (excluding diaryl/α,β-unsaturated/α-hetero) is 1. The maximum atomic E-state index is 12.5. The van der Waals surface area contributed by atoms with E-state index in [2.05, 4.69) is 4.90 Å². The molecule has 0 spiro atoms. The summed E-state index contributed by atoms with van der Waals surface area (Å²) in [5.41, 5.74) is 0.328. The summed E-state index contributed by atoms with van der Waals surface area (Å²) >= 11 is 0. The number of benzene rings is 1. The van der Waals surface area contributed by atoms with Crippen LogP contribution in [0, 0.1) is 0 Å². The van der Waals surface area contributed by atoms with Crippen LogP contribution in [0.5, 0.6) is 0 Å². The van der Waals surface area contributed by atoms with Crippen LogP contribution in [0.2, 0.25) is 0 Å². The van der Waals surface area contributed by atoms with Crippen LogP contribution < -0.4 is 0 Å². The minimum absolute atomic E-state index is 0.181. The van der Waals surface area contributed by atoms with Gasteiger partial charge in [0.15, 0.2) is 5.78 Å². The third kappa shape index (κ3) is 2.56. The van der Waals surface area contributed by atoms with Gasteiger partial charge in [0, 0.05) is 18.7 Å². The quantitative estimate of drug-likeness (QED) is 0.748. The Kier molecular flexibility index (Phi) is 3.60. The van der Waals surface area contributed by atoms with Crippen molar-refractivity contribution in [2.75, 3.05) is 26.3 Å². The Balaban J connectivity index is 2.17. The zero-order chi connectivity index (χ0) is 12.3. The largest absolute Gasteiger partial charge is 0.379 e. The predicted octanol–water partition coefficient (Wildman–Crippen LogP) is 1.98. The number of morpholine rings is 1. The molecule has 0 N–H and O–H groups in total. The third-order valence-corrected chi connectivity index (χ3v) is 3.39. The summed E-state index contributed by atoms with van der Waals surface area (Å²) in [4.78, 5) is 14.7. The topological polar surface area (TPSA) is 29.5 Å². The molecule has 0 bridgehead atoms. The summed E-state index contributed by atoms with van der Waals surface area (Å²) in [6.45, 7) is 7.06. The second kappa shape index (κ2) is 4.98. The summed E-state index contributed by atoms with van der Waals surface area (Å²) in [6.07, 6.45) is 0. The van der Waals surface area contributed by atoms with Crippen LogP contribution in [0.4, 0.5) is 0 Å². The van der Waals surface area contributed by atoms with Crippen molar-refractivity contribution in [1.29, 1.82) is 0 Å². The molecule has 0 aromatic heterocycles. The zero-order valence-corrected chi connectivity index (χ0v) is 10.5. The molecule has 3 heteroatoms. The van der Waals surface area contributed by atoms with Gasteiger partial charge in [0.25, 0.3) is 0 Å². The molecule has 0 aliphatic carbocycles. The lowest BCUT2D eigenvalue weighted by molar-refractivity contribution is -0.00429. The molecule has 1 aliphatic heterocycles. The summed E-state index contributed by atoms with van der Waals surface area (Å²) in [5, 5.41) is 0. The van der Waals surface area contributed by atoms with Gasteiger partial charge in [-0.25, -0.2) is 0 Å². The van der Waals surface area contributed by atoms with Crippen LogP contribution in [0.3, 0.4) is 0 Å². The highest BCUT2D eigenvalue weighted by molar-refractivity contribution is 6.02. The van der Waals surface area contributed by atoms with E-state index < -0.39 is 5.54 Å². The van der Waals surface area contributed by atoms with Gasteiger partial charge in [-0.1, -0.05) is 30.3 Å². The van der Waals surface area contributed by atoms with Gasteiger partial charge in [-0.05, 0) is 13.8 Å². The maximum Gasteiger partial charge on any atom is 0.182 e. The smallest absolute Gasteiger partial charge is 0.182 e. The average Bonchev–Trinajstić information content (AvgIpc) is 2.40. The lowest BCUT2D eigenvalue weighted by Crippen LogP contribution is -2.54. The minimum Gasteiger partial charge on any atom is -0.379 e. The first-order valence-electron chi connectivity index (χ1n) is 6.05. The maximum absolute atomic E-state index is 12.5. The summed E-state index contributed by atoms with van der Waals surface area (Å²) < 4.78 is 5.33. The SMILES string of the molecule is CC(C)(C(=O)c1ccccc1)N1CCOCC1. The number of ether oxygens (including phenoxy) is 1. The van der Waals surface area contributed by atoms with Gasteiger partial charge in [-0.3, -0.25) is 9.69 Å². The normalized spacial score (nSPS) is 18.0. The first kappa shape index (κ1) is 12.3. The molecule has 0 unspecified atom stereocenters. The van der Waals surface area contributed by atoms with Gasteiger partial charge in [0.2, 0.25) is 0 Å². The average molecular weight is 233 g/mol. The fourth-order valence-electron chi connectivity index (χ4n) is 2.21. The third-order valence-electron chi connectivity index (χ3n) is 3.39. The molecular formula is C14H19NO2. The van der Waals surface area contributed by atoms with Crippen molar-refractivity contribution in [2.45, 2.75) is 19.4 Å². The molecule has 0 atom stereocenters. The van der Waals surface area contributed by atoms with Crippen LogP contribution >= 0.6 is 0 Å². The fraction of sp³-hybridized carbons (Fsp3) is 0.500. The van der Waals surface area contributed by atoms with Gasteiger partial charge >= 0.3 is 0 Å². The first-order valence-corrected chi connectivity index (χ1v) is 6.05. The Bertz CT molecular complexity index is 380. The lowest BCUT2D eigenvalue weighted by Gasteiger charge is -2.39. The monoisotopic (exact) mass is 233 g/mol. The molecule has 0 amide bonds. The van der Waals surface area contributed by atoms with Crippen LogP contribution in [0.25, 0.3) is 0 Å². The van der Waals surface area contributed by atoms with E-state index in [1.807, 2.05) is 44.2 Å². The van der Waals surface area contributed by atoms with Gasteiger partial charge < -0.3 is 4.74 Å². The molecule has 0 radical (unpaired) electrons. The van der Waals surface area contributed by atoms with E-state index in [0.29, 0.717) is 13.2 Å². The van der Waals surface area contributed by atoms with Crippen molar-refractivity contribution in [2.24, 2.45) is 0 Å². The van der Waals surface area contributed by atoms with Crippen LogP contribution in [-0.4, -0.2) is 42.5 Å². The molecule has 1 aromatic carbocycles. The number of nitrogens with zero attached hydrogens (tertiary/aromatic N) is 1. The Hall–Kier alpha value is -1.19. The molecule has 1 aromatic rings. The van der Waals surface area contributed by atoms with Crippen LogP contribution in [0.1, 0.15) is 24.2 Å². The van der Waals surface area contributed by atoms with Gasteiger partial charge in [0.1, 0.15) is 0 Å². The highest BCUT2D eigenvalue weighted by Crippen LogP contribution is 2.21. The number of carbonyl (C=O) groups is 1. The fourth-order valence-corrected chi connectivity index (χ4v) is 2.21. The van der Waals surface area contributed by atoms with E-state index in [9.17, 15) is 4.79 Å². The summed E-state index contributed by atoms with van der Waals surface area (Å²) in [6, 6.07) is 9.50. The molecule has 1 aliphatic rings. The number of carbonyl (C=O) groups excluding carboxylic acids is 1. The van der Waals surface area contributed by atoms with E-state index in [4.69, 9.17) is 4.74 Å². The molecule has 3 nitrogen and oxygen atoms in total. The van der Waals surface area contributed by atoms with E-state index in [-0.39, 0.29) is 5.78 Å². The van der Waals surface area contributed by atoms with Gasteiger partial charge in [0.05, 0.1) is 18.8 Å². The molecule has 92 valence electrons. The first-order chi connectivity index (χ1) is 8.12. The van der Waals surface area contributed by atoms with Crippen molar-refractivity contribution in [3.05, 3.63) is 35.9 Å². The van der Waals surface area contributed by atoms with Crippen molar-refractivity contribution in [1.82, 2.24) is 4.90 Å². The molecule has 0 saturated carbocycles. The number of hydrogen-bond donors (Lipinski definition) is 0. The van der Waals surface area contributed by atoms with Crippen molar-refractivity contribution in [3.63, 3.8) is 0 Å². The predicted molar refractivity (Wildman–Crippen MR) is 67.2 cm³/mol. The molecule has 17 heavy (non-hydrogen) atoms. The van der Waals surface area contributed by atoms with Crippen molar-refractivity contribution in [3.8, 4) is 0 Å². The molecule has 2 rings (SSSR count). The summed E-state index contributed by atoms with van der Waals surface area (Å²) in [5.74, 6) is 0.181. The highest BCUT2D eigenvalue weighted by atomic mass is 16.5. The van der Waals surface area contributed by atoms with E-state index in [1.165, 1.54) is 0 Å². The van der Waals surface area contributed by atoms with Gasteiger partial charge in [-0.2, -0.15) is 0 Å². The van der Waals surface area contributed by atoms with E-state index in [1.54, 1.807) is 0 Å². The van der Waals surface area contributed by atoms with Crippen LogP contribution in [-0.2, 0) is 4.74 Å².